The maximum absolute atomic E-state index is 13.2. The Bertz CT molecular complexity index is 696. The molecule has 0 N–H and O–H groups in total. The van der Waals surface area contributed by atoms with Gasteiger partial charge in [0.05, 0.1) is 5.41 Å². The number of piperidine rings is 1. The first-order chi connectivity index (χ1) is 13.1. The van der Waals surface area contributed by atoms with Gasteiger partial charge in [0.1, 0.15) is 5.82 Å². The molecular weight excluding hydrogens is 340 g/mol. The van der Waals surface area contributed by atoms with E-state index >= 15 is 0 Å². The fourth-order valence-corrected chi connectivity index (χ4v) is 4.98. The number of rotatable bonds is 6. The predicted octanol–water partition coefficient (Wildman–Crippen LogP) is 2.61. The molecule has 148 valence electrons. The average Bonchev–Trinajstić information content (AvgIpc) is 3.22. The Morgan fingerprint density at radius 1 is 1.26 bits per heavy atom. The highest BCUT2D eigenvalue weighted by molar-refractivity contribution is 5.86. The van der Waals surface area contributed by atoms with Crippen molar-refractivity contribution >= 4 is 11.8 Å². The minimum Gasteiger partial charge on any atom is -0.342 e. The number of imidazole rings is 1. The van der Waals surface area contributed by atoms with Gasteiger partial charge in [0, 0.05) is 51.5 Å². The van der Waals surface area contributed by atoms with Crippen LogP contribution in [0.3, 0.4) is 0 Å². The van der Waals surface area contributed by atoms with Crippen LogP contribution >= 0.6 is 0 Å². The van der Waals surface area contributed by atoms with E-state index in [1.807, 2.05) is 18.0 Å². The van der Waals surface area contributed by atoms with E-state index in [1.54, 1.807) is 6.20 Å². The number of aryl methyl sites for hydroxylation is 2. The second kappa shape index (κ2) is 7.64. The summed E-state index contributed by atoms with van der Waals surface area (Å²) in [6.45, 7) is 6.04. The fourth-order valence-electron chi connectivity index (χ4n) is 4.98. The summed E-state index contributed by atoms with van der Waals surface area (Å²) in [6, 6.07) is 0. The second-order valence-electron chi connectivity index (χ2n) is 8.77. The van der Waals surface area contributed by atoms with Gasteiger partial charge in [0.25, 0.3) is 0 Å². The molecule has 6 heteroatoms. The van der Waals surface area contributed by atoms with Gasteiger partial charge in [-0.1, -0.05) is 6.42 Å². The van der Waals surface area contributed by atoms with Crippen molar-refractivity contribution in [1.82, 2.24) is 19.4 Å². The third-order valence-electron chi connectivity index (χ3n) is 6.95. The molecule has 27 heavy (non-hydrogen) atoms. The summed E-state index contributed by atoms with van der Waals surface area (Å²) in [4.78, 5) is 34.1. The summed E-state index contributed by atoms with van der Waals surface area (Å²) < 4.78 is 2.09. The molecule has 3 aliphatic rings. The first-order valence-electron chi connectivity index (χ1n) is 10.6. The number of aromatic nitrogens is 2. The standard InChI is InChI=1S/C21H32N4O2/c1-17-22-10-14-23(17)11-3-7-19(26)25-13-9-21(16-25)8-4-12-24(20(21)27)15-18-5-2-6-18/h10,14,18H,2-9,11-13,15-16H2,1H3. The fraction of sp³-hybridized carbons (Fsp3) is 0.762. The molecule has 2 aliphatic heterocycles. The molecule has 1 saturated carbocycles. The first-order valence-corrected chi connectivity index (χ1v) is 10.6. The summed E-state index contributed by atoms with van der Waals surface area (Å²) in [5.74, 6) is 2.23. The molecule has 1 aromatic rings. The van der Waals surface area contributed by atoms with E-state index in [1.165, 1.54) is 19.3 Å². The van der Waals surface area contributed by atoms with Crippen molar-refractivity contribution in [3.63, 3.8) is 0 Å². The third-order valence-corrected chi connectivity index (χ3v) is 6.95. The number of hydrogen-bond acceptors (Lipinski definition) is 3. The molecule has 6 nitrogen and oxygen atoms in total. The number of likely N-dealkylation sites (tertiary alicyclic amines) is 2. The Morgan fingerprint density at radius 2 is 2.11 bits per heavy atom. The van der Waals surface area contributed by atoms with Gasteiger partial charge in [-0.05, 0) is 51.4 Å². The van der Waals surface area contributed by atoms with E-state index in [2.05, 4.69) is 14.5 Å². The van der Waals surface area contributed by atoms with Gasteiger partial charge >= 0.3 is 0 Å². The molecular formula is C21H32N4O2. The molecule has 0 aromatic carbocycles. The Balaban J connectivity index is 1.29. The lowest BCUT2D eigenvalue weighted by molar-refractivity contribution is -0.147. The summed E-state index contributed by atoms with van der Waals surface area (Å²) in [6.07, 6.45) is 11.9. The molecule has 0 radical (unpaired) electrons. The summed E-state index contributed by atoms with van der Waals surface area (Å²) in [5.41, 5.74) is -0.293. The highest BCUT2D eigenvalue weighted by atomic mass is 16.2. The van der Waals surface area contributed by atoms with Crippen LogP contribution in [0.4, 0.5) is 0 Å². The average molecular weight is 373 g/mol. The molecule has 0 bridgehead atoms. The number of carbonyl (C=O) groups excluding carboxylic acids is 2. The zero-order valence-corrected chi connectivity index (χ0v) is 16.5. The monoisotopic (exact) mass is 372 g/mol. The van der Waals surface area contributed by atoms with Crippen molar-refractivity contribution in [3.8, 4) is 0 Å². The zero-order chi connectivity index (χ0) is 18.9. The van der Waals surface area contributed by atoms with Crippen molar-refractivity contribution < 1.29 is 9.59 Å². The lowest BCUT2D eigenvalue weighted by atomic mass is 9.77. The van der Waals surface area contributed by atoms with E-state index in [4.69, 9.17) is 0 Å². The summed E-state index contributed by atoms with van der Waals surface area (Å²) in [7, 11) is 0. The van der Waals surface area contributed by atoms with Gasteiger partial charge in [0.2, 0.25) is 11.8 Å². The molecule has 1 spiro atoms. The van der Waals surface area contributed by atoms with Crippen LogP contribution in [0.25, 0.3) is 0 Å². The van der Waals surface area contributed by atoms with Crippen LogP contribution < -0.4 is 0 Å². The van der Waals surface area contributed by atoms with Crippen LogP contribution in [0.5, 0.6) is 0 Å². The molecule has 1 aromatic heterocycles. The van der Waals surface area contributed by atoms with Gasteiger partial charge in [-0.15, -0.1) is 0 Å². The third kappa shape index (κ3) is 3.76. The molecule has 4 rings (SSSR count). The number of nitrogens with zero attached hydrogens (tertiary/aromatic N) is 4. The molecule has 3 fully saturated rings. The molecule has 1 unspecified atom stereocenters. The van der Waals surface area contributed by atoms with E-state index in [0.717, 1.165) is 63.6 Å². The topological polar surface area (TPSA) is 58.4 Å². The van der Waals surface area contributed by atoms with Gasteiger partial charge < -0.3 is 14.4 Å². The van der Waals surface area contributed by atoms with Gasteiger partial charge in [-0.2, -0.15) is 0 Å². The summed E-state index contributed by atoms with van der Waals surface area (Å²) in [5, 5.41) is 0. The highest BCUT2D eigenvalue weighted by Crippen LogP contribution is 2.41. The number of carbonyl (C=O) groups is 2. The lowest BCUT2D eigenvalue weighted by Crippen LogP contribution is -2.52. The normalized spacial score (nSPS) is 26.0. The molecule has 2 saturated heterocycles. The van der Waals surface area contributed by atoms with E-state index in [-0.39, 0.29) is 11.3 Å². The molecule has 2 amide bonds. The van der Waals surface area contributed by atoms with Crippen LogP contribution in [0.15, 0.2) is 12.4 Å². The second-order valence-corrected chi connectivity index (χ2v) is 8.77. The van der Waals surface area contributed by atoms with Crippen molar-refractivity contribution in [1.29, 1.82) is 0 Å². The Labute approximate surface area is 161 Å². The van der Waals surface area contributed by atoms with E-state index in [9.17, 15) is 9.59 Å². The minimum absolute atomic E-state index is 0.202. The van der Waals surface area contributed by atoms with E-state index in [0.29, 0.717) is 18.9 Å². The highest BCUT2D eigenvalue weighted by Gasteiger charge is 2.49. The molecule has 1 atom stereocenters. The van der Waals surface area contributed by atoms with Crippen LogP contribution in [-0.4, -0.2) is 57.3 Å². The maximum Gasteiger partial charge on any atom is 0.230 e. The maximum atomic E-state index is 13.2. The van der Waals surface area contributed by atoms with Crippen molar-refractivity contribution in [3.05, 3.63) is 18.2 Å². The first kappa shape index (κ1) is 18.5. The van der Waals surface area contributed by atoms with Gasteiger partial charge in [-0.3, -0.25) is 9.59 Å². The van der Waals surface area contributed by atoms with Gasteiger partial charge in [0.15, 0.2) is 0 Å². The van der Waals surface area contributed by atoms with Crippen molar-refractivity contribution in [2.75, 3.05) is 26.2 Å². The predicted molar refractivity (Wildman–Crippen MR) is 103 cm³/mol. The quantitative estimate of drug-likeness (QED) is 0.771. The SMILES string of the molecule is Cc1nccn1CCCC(=O)N1CCC2(CCCN(CC3CCC3)C2=O)C1. The Morgan fingerprint density at radius 3 is 2.81 bits per heavy atom. The smallest absolute Gasteiger partial charge is 0.230 e. The van der Waals surface area contributed by atoms with E-state index < -0.39 is 0 Å². The van der Waals surface area contributed by atoms with Crippen molar-refractivity contribution in [2.45, 2.75) is 64.8 Å². The molecule has 3 heterocycles. The lowest BCUT2D eigenvalue weighted by Gasteiger charge is -2.42. The van der Waals surface area contributed by atoms with Crippen molar-refractivity contribution in [2.24, 2.45) is 11.3 Å². The number of hydrogen-bond donors (Lipinski definition) is 0. The van der Waals surface area contributed by atoms with Crippen LogP contribution in [0.2, 0.25) is 0 Å². The zero-order valence-electron chi connectivity index (χ0n) is 16.5. The van der Waals surface area contributed by atoms with Crippen LogP contribution in [0.1, 0.15) is 57.2 Å². The minimum atomic E-state index is -0.293. The van der Waals surface area contributed by atoms with Crippen LogP contribution in [0, 0.1) is 18.3 Å². The molecule has 1 aliphatic carbocycles. The van der Waals surface area contributed by atoms with Crippen LogP contribution in [-0.2, 0) is 16.1 Å². The Kier molecular flexibility index (Phi) is 5.24. The summed E-state index contributed by atoms with van der Waals surface area (Å²) >= 11 is 0. The largest absolute Gasteiger partial charge is 0.342 e. The Hall–Kier alpha value is -1.85. The number of amides is 2. The van der Waals surface area contributed by atoms with Gasteiger partial charge in [-0.25, -0.2) is 4.98 Å².